The van der Waals surface area contributed by atoms with Crippen LogP contribution in [0.4, 0.5) is 0 Å². The van der Waals surface area contributed by atoms with Gasteiger partial charge in [0.25, 0.3) is 0 Å². The van der Waals surface area contributed by atoms with Gasteiger partial charge < -0.3 is 5.11 Å². The van der Waals surface area contributed by atoms with Crippen molar-refractivity contribution in [3.63, 3.8) is 0 Å². The first-order valence-corrected chi connectivity index (χ1v) is 8.54. The van der Waals surface area contributed by atoms with Gasteiger partial charge in [0.15, 0.2) is 0 Å². The summed E-state index contributed by atoms with van der Waals surface area (Å²) in [4.78, 5) is 17.9. The molecule has 4 nitrogen and oxygen atoms in total. The molecule has 0 radical (unpaired) electrons. The fourth-order valence-electron chi connectivity index (χ4n) is 2.94. The minimum absolute atomic E-state index is 0.338. The van der Waals surface area contributed by atoms with Gasteiger partial charge in [0.2, 0.25) is 0 Å². The quantitative estimate of drug-likeness (QED) is 0.890. The van der Waals surface area contributed by atoms with Gasteiger partial charge in [-0.05, 0) is 31.4 Å². The Morgan fingerprint density at radius 3 is 2.91 bits per heavy atom. The molecular weight excluding hydrogens is 296 g/mol. The van der Waals surface area contributed by atoms with Crippen LogP contribution in [-0.2, 0) is 24.2 Å². The van der Waals surface area contributed by atoms with E-state index in [-0.39, 0.29) is 6.04 Å². The molecule has 3 rings (SSSR count). The van der Waals surface area contributed by atoms with E-state index in [0.29, 0.717) is 6.54 Å². The number of carboxylic acids is 1. The second-order valence-corrected chi connectivity index (χ2v) is 6.63. The van der Waals surface area contributed by atoms with Crippen LogP contribution in [0, 0.1) is 0 Å². The van der Waals surface area contributed by atoms with Gasteiger partial charge in [0.1, 0.15) is 6.04 Å². The Bertz CT molecular complexity index is 627. The van der Waals surface area contributed by atoms with E-state index in [0.717, 1.165) is 42.9 Å². The predicted molar refractivity (Wildman–Crippen MR) is 87.0 cm³/mol. The highest BCUT2D eigenvalue weighted by molar-refractivity contribution is 7.09. The van der Waals surface area contributed by atoms with Crippen LogP contribution in [0.25, 0.3) is 0 Å². The van der Waals surface area contributed by atoms with Gasteiger partial charge >= 0.3 is 5.97 Å². The summed E-state index contributed by atoms with van der Waals surface area (Å²) in [7, 11) is 0. The Kier molecular flexibility index (Phi) is 4.85. The van der Waals surface area contributed by atoms with Gasteiger partial charge in [-0.25, -0.2) is 4.98 Å². The van der Waals surface area contributed by atoms with Crippen molar-refractivity contribution in [3.8, 4) is 0 Å². The van der Waals surface area contributed by atoms with Gasteiger partial charge in [0, 0.05) is 18.3 Å². The van der Waals surface area contributed by atoms with Crippen molar-refractivity contribution in [1.82, 2.24) is 9.88 Å². The summed E-state index contributed by atoms with van der Waals surface area (Å²) in [5.41, 5.74) is 2.32. The molecule has 1 fully saturated rings. The summed E-state index contributed by atoms with van der Waals surface area (Å²) in [5.74, 6) is -0.711. The van der Waals surface area contributed by atoms with E-state index >= 15 is 0 Å². The first kappa shape index (κ1) is 15.2. The minimum atomic E-state index is -0.711. The van der Waals surface area contributed by atoms with Crippen LogP contribution >= 0.6 is 11.3 Å². The first-order chi connectivity index (χ1) is 10.7. The molecule has 1 aromatic carbocycles. The molecule has 5 heteroatoms. The van der Waals surface area contributed by atoms with Gasteiger partial charge in [-0.2, -0.15) is 0 Å². The van der Waals surface area contributed by atoms with Crippen molar-refractivity contribution < 1.29 is 9.90 Å². The Morgan fingerprint density at radius 1 is 1.32 bits per heavy atom. The van der Waals surface area contributed by atoms with E-state index in [2.05, 4.69) is 34.6 Å². The molecule has 1 N–H and O–H groups in total. The lowest BCUT2D eigenvalue weighted by atomic mass is 10.1. The molecule has 1 saturated heterocycles. The number of aromatic nitrogens is 1. The lowest BCUT2D eigenvalue weighted by molar-refractivity contribution is -0.142. The zero-order valence-electron chi connectivity index (χ0n) is 12.4. The Morgan fingerprint density at radius 2 is 2.14 bits per heavy atom. The smallest absolute Gasteiger partial charge is 0.320 e. The standard InChI is InChI=1S/C17H20N2O2S/c20-17(21)15-7-4-10-19(15)11-14-12-22-16(18-14)9-8-13-5-2-1-3-6-13/h1-3,5-6,12,15H,4,7-11H2,(H,20,21). The van der Waals surface area contributed by atoms with Crippen LogP contribution in [0.15, 0.2) is 35.7 Å². The summed E-state index contributed by atoms with van der Waals surface area (Å²) < 4.78 is 0. The maximum absolute atomic E-state index is 11.2. The number of nitrogens with zero attached hydrogens (tertiary/aromatic N) is 2. The molecule has 0 saturated carbocycles. The lowest BCUT2D eigenvalue weighted by Crippen LogP contribution is -2.35. The average molecular weight is 316 g/mol. The molecule has 1 aliphatic heterocycles. The van der Waals surface area contributed by atoms with Crippen LogP contribution in [0.5, 0.6) is 0 Å². The predicted octanol–water partition coefficient (Wildman–Crippen LogP) is 2.98. The number of aliphatic carboxylic acids is 1. The van der Waals surface area contributed by atoms with E-state index in [9.17, 15) is 9.90 Å². The number of carbonyl (C=O) groups is 1. The molecule has 0 bridgehead atoms. The minimum Gasteiger partial charge on any atom is -0.480 e. The molecule has 0 aliphatic carbocycles. The third-order valence-electron chi connectivity index (χ3n) is 4.08. The second-order valence-electron chi connectivity index (χ2n) is 5.68. The Balaban J connectivity index is 1.56. The van der Waals surface area contributed by atoms with Crippen LogP contribution in [0.3, 0.4) is 0 Å². The van der Waals surface area contributed by atoms with Crippen molar-refractivity contribution in [1.29, 1.82) is 0 Å². The van der Waals surface area contributed by atoms with E-state index < -0.39 is 5.97 Å². The third kappa shape index (κ3) is 3.72. The molecule has 2 aromatic rings. The number of rotatable bonds is 6. The fourth-order valence-corrected chi connectivity index (χ4v) is 3.72. The molecular formula is C17H20N2O2S. The van der Waals surface area contributed by atoms with E-state index in [4.69, 9.17) is 0 Å². The van der Waals surface area contributed by atoms with E-state index in [1.165, 1.54) is 5.56 Å². The van der Waals surface area contributed by atoms with Crippen molar-refractivity contribution >= 4 is 17.3 Å². The number of aryl methyl sites for hydroxylation is 2. The molecule has 0 spiro atoms. The number of hydrogen-bond acceptors (Lipinski definition) is 4. The summed E-state index contributed by atoms with van der Waals surface area (Å²) in [5, 5.41) is 12.4. The molecule has 22 heavy (non-hydrogen) atoms. The summed E-state index contributed by atoms with van der Waals surface area (Å²) in [6.07, 6.45) is 3.65. The van der Waals surface area contributed by atoms with Crippen molar-refractivity contribution in [2.45, 2.75) is 38.3 Å². The topological polar surface area (TPSA) is 53.4 Å². The molecule has 1 atom stereocenters. The maximum atomic E-state index is 11.2. The van der Waals surface area contributed by atoms with Gasteiger partial charge in [-0.1, -0.05) is 30.3 Å². The Hall–Kier alpha value is -1.72. The average Bonchev–Trinajstić information content (AvgIpc) is 3.16. The molecule has 0 amide bonds. The van der Waals surface area contributed by atoms with Crippen LogP contribution < -0.4 is 0 Å². The monoisotopic (exact) mass is 316 g/mol. The molecule has 1 aromatic heterocycles. The van der Waals surface area contributed by atoms with Gasteiger partial charge in [-0.3, -0.25) is 9.69 Å². The van der Waals surface area contributed by atoms with Crippen LogP contribution in [0.1, 0.15) is 29.1 Å². The number of benzene rings is 1. The summed E-state index contributed by atoms with van der Waals surface area (Å²) in [6.45, 7) is 1.51. The zero-order chi connectivity index (χ0) is 15.4. The Labute approximate surface area is 134 Å². The highest BCUT2D eigenvalue weighted by Gasteiger charge is 2.30. The van der Waals surface area contributed by atoms with Crippen LogP contribution in [0.2, 0.25) is 0 Å². The maximum Gasteiger partial charge on any atom is 0.320 e. The fraction of sp³-hybridized carbons (Fsp3) is 0.412. The number of likely N-dealkylation sites (tertiary alicyclic amines) is 1. The molecule has 1 aliphatic rings. The molecule has 1 unspecified atom stereocenters. The highest BCUT2D eigenvalue weighted by atomic mass is 32.1. The first-order valence-electron chi connectivity index (χ1n) is 7.66. The molecule has 116 valence electrons. The lowest BCUT2D eigenvalue weighted by Gasteiger charge is -2.19. The third-order valence-corrected chi connectivity index (χ3v) is 5.04. The highest BCUT2D eigenvalue weighted by Crippen LogP contribution is 2.21. The van der Waals surface area contributed by atoms with Crippen molar-refractivity contribution in [2.75, 3.05) is 6.54 Å². The number of thiazole rings is 1. The number of carboxylic acid groups (broad SMARTS) is 1. The van der Waals surface area contributed by atoms with E-state index in [1.807, 2.05) is 11.0 Å². The van der Waals surface area contributed by atoms with Gasteiger partial charge in [-0.15, -0.1) is 11.3 Å². The summed E-state index contributed by atoms with van der Waals surface area (Å²) in [6, 6.07) is 10.1. The normalized spacial score (nSPS) is 18.6. The van der Waals surface area contributed by atoms with Crippen LogP contribution in [-0.4, -0.2) is 33.5 Å². The second kappa shape index (κ2) is 7.03. The largest absolute Gasteiger partial charge is 0.480 e. The van der Waals surface area contributed by atoms with Crippen molar-refractivity contribution in [2.24, 2.45) is 0 Å². The van der Waals surface area contributed by atoms with E-state index in [1.54, 1.807) is 11.3 Å². The van der Waals surface area contributed by atoms with Crippen molar-refractivity contribution in [3.05, 3.63) is 52.0 Å². The molecule has 2 heterocycles. The SMILES string of the molecule is O=C(O)C1CCCN1Cc1csc(CCc2ccccc2)n1. The van der Waals surface area contributed by atoms with Gasteiger partial charge in [0.05, 0.1) is 10.7 Å². The zero-order valence-corrected chi connectivity index (χ0v) is 13.3. The summed E-state index contributed by atoms with van der Waals surface area (Å²) >= 11 is 1.68. The number of hydrogen-bond donors (Lipinski definition) is 1.